The number of benzene rings is 2. The summed E-state index contributed by atoms with van der Waals surface area (Å²) < 4.78 is 1.06. The minimum atomic E-state index is 0.571. The molecule has 2 heterocycles. The molecular weight excluding hydrogens is 392 g/mol. The second-order valence-corrected chi connectivity index (χ2v) is 6.87. The number of hydrogen-bond donors (Lipinski definition) is 3. The Balaban J connectivity index is 1.63. The van der Waals surface area contributed by atoms with Crippen LogP contribution in [0.5, 0.6) is 0 Å². The van der Waals surface area contributed by atoms with Gasteiger partial charge in [-0.15, -0.1) is 0 Å². The minimum absolute atomic E-state index is 0.571. The zero-order valence-electron chi connectivity index (χ0n) is 14.1. The van der Waals surface area contributed by atoms with Gasteiger partial charge in [-0.2, -0.15) is 10.1 Å². The number of aryl methyl sites for hydroxylation is 1. The predicted octanol–water partition coefficient (Wildman–Crippen LogP) is 4.78. The first-order valence-electron chi connectivity index (χ1n) is 8.21. The summed E-state index contributed by atoms with van der Waals surface area (Å²) >= 11 is 3.45. The monoisotopic (exact) mass is 408 g/mol. The van der Waals surface area contributed by atoms with E-state index in [1.807, 2.05) is 49.4 Å². The van der Waals surface area contributed by atoms with Crippen LogP contribution in [0.3, 0.4) is 0 Å². The van der Waals surface area contributed by atoms with Gasteiger partial charge in [0.15, 0.2) is 5.82 Å². The molecular formula is C19H17BrN6. The summed E-state index contributed by atoms with van der Waals surface area (Å²) in [4.78, 5) is 9.26. The topological polar surface area (TPSA) is 78.5 Å². The zero-order valence-corrected chi connectivity index (χ0v) is 15.7. The van der Waals surface area contributed by atoms with Gasteiger partial charge in [0.05, 0.1) is 5.52 Å². The van der Waals surface area contributed by atoms with Crippen LogP contribution >= 0.6 is 15.9 Å². The Hall–Kier alpha value is -2.93. The van der Waals surface area contributed by atoms with Crippen molar-refractivity contribution in [3.05, 3.63) is 70.3 Å². The Bertz CT molecular complexity index is 1040. The van der Waals surface area contributed by atoms with Crippen LogP contribution in [0.15, 0.2) is 59.1 Å². The maximum Gasteiger partial charge on any atom is 0.225 e. The van der Waals surface area contributed by atoms with Crippen molar-refractivity contribution in [3.63, 3.8) is 0 Å². The van der Waals surface area contributed by atoms with Gasteiger partial charge in [0.25, 0.3) is 0 Å². The number of para-hydroxylation sites is 1. The van der Waals surface area contributed by atoms with Crippen molar-refractivity contribution in [3.8, 4) is 0 Å². The van der Waals surface area contributed by atoms with Gasteiger partial charge in [-0.25, -0.2) is 4.98 Å². The van der Waals surface area contributed by atoms with Gasteiger partial charge in [-0.1, -0.05) is 40.2 Å². The Labute approximate surface area is 159 Å². The number of hydrogen-bond acceptors (Lipinski definition) is 5. The number of nitrogens with one attached hydrogen (secondary N) is 3. The molecule has 0 radical (unpaired) electrons. The van der Waals surface area contributed by atoms with Crippen molar-refractivity contribution in [2.45, 2.75) is 13.5 Å². The van der Waals surface area contributed by atoms with E-state index in [1.165, 1.54) is 0 Å². The third-order valence-corrected chi connectivity index (χ3v) is 4.45. The lowest BCUT2D eigenvalue weighted by Crippen LogP contribution is -2.06. The number of halogens is 1. The third kappa shape index (κ3) is 3.67. The number of rotatable bonds is 5. The van der Waals surface area contributed by atoms with Crippen LogP contribution in [0.1, 0.15) is 11.3 Å². The van der Waals surface area contributed by atoms with Gasteiger partial charge in [0.1, 0.15) is 5.82 Å². The molecule has 0 amide bonds. The van der Waals surface area contributed by atoms with E-state index in [9.17, 15) is 0 Å². The number of nitrogens with zero attached hydrogens (tertiary/aromatic N) is 3. The highest BCUT2D eigenvalue weighted by Gasteiger charge is 2.09. The van der Waals surface area contributed by atoms with Gasteiger partial charge < -0.3 is 10.6 Å². The summed E-state index contributed by atoms with van der Waals surface area (Å²) in [5.41, 5.74) is 3.01. The second-order valence-electron chi connectivity index (χ2n) is 5.95. The molecule has 0 atom stereocenters. The van der Waals surface area contributed by atoms with E-state index < -0.39 is 0 Å². The van der Waals surface area contributed by atoms with Gasteiger partial charge in [-0.05, 0) is 36.8 Å². The Morgan fingerprint density at radius 2 is 1.85 bits per heavy atom. The third-order valence-electron chi connectivity index (χ3n) is 3.92. The number of H-pyrrole nitrogens is 1. The van der Waals surface area contributed by atoms with Crippen molar-refractivity contribution in [2.75, 3.05) is 10.6 Å². The maximum absolute atomic E-state index is 4.64. The van der Waals surface area contributed by atoms with E-state index in [0.29, 0.717) is 12.5 Å². The largest absolute Gasteiger partial charge is 0.350 e. The number of aromatic nitrogens is 4. The SMILES string of the molecule is Cc1cc(Nc2nc(NCc3ccc(Br)cc3)nc3ccccc23)n[nH]1. The summed E-state index contributed by atoms with van der Waals surface area (Å²) in [5.74, 6) is 2.02. The highest BCUT2D eigenvalue weighted by Crippen LogP contribution is 2.25. The highest BCUT2D eigenvalue weighted by atomic mass is 79.9. The van der Waals surface area contributed by atoms with Crippen LogP contribution < -0.4 is 10.6 Å². The normalized spacial score (nSPS) is 10.8. The molecule has 0 saturated heterocycles. The molecule has 0 bridgehead atoms. The first kappa shape index (κ1) is 16.5. The summed E-state index contributed by atoms with van der Waals surface area (Å²) in [6, 6.07) is 18.0. The van der Waals surface area contributed by atoms with Crippen LogP contribution in [0.25, 0.3) is 10.9 Å². The van der Waals surface area contributed by atoms with Crippen LogP contribution in [0.4, 0.5) is 17.6 Å². The van der Waals surface area contributed by atoms with Crippen molar-refractivity contribution in [2.24, 2.45) is 0 Å². The fraction of sp³-hybridized carbons (Fsp3) is 0.105. The lowest BCUT2D eigenvalue weighted by Gasteiger charge is -2.11. The van der Waals surface area contributed by atoms with Crippen molar-refractivity contribution in [1.82, 2.24) is 20.2 Å². The molecule has 0 aliphatic carbocycles. The Morgan fingerprint density at radius 1 is 1.04 bits per heavy atom. The molecule has 4 aromatic rings. The lowest BCUT2D eigenvalue weighted by molar-refractivity contribution is 1.04. The van der Waals surface area contributed by atoms with Gasteiger partial charge >= 0.3 is 0 Å². The highest BCUT2D eigenvalue weighted by molar-refractivity contribution is 9.10. The average molecular weight is 409 g/mol. The molecule has 0 fully saturated rings. The van der Waals surface area contributed by atoms with Gasteiger partial charge in [0.2, 0.25) is 5.95 Å². The Morgan fingerprint density at radius 3 is 2.62 bits per heavy atom. The van der Waals surface area contributed by atoms with Gasteiger partial charge in [-0.3, -0.25) is 5.10 Å². The molecule has 2 aromatic carbocycles. The van der Waals surface area contributed by atoms with E-state index >= 15 is 0 Å². The molecule has 0 unspecified atom stereocenters. The van der Waals surface area contributed by atoms with E-state index in [0.717, 1.165) is 38.3 Å². The lowest BCUT2D eigenvalue weighted by atomic mass is 10.2. The number of anilines is 3. The first-order valence-corrected chi connectivity index (χ1v) is 9.01. The predicted molar refractivity (Wildman–Crippen MR) is 108 cm³/mol. The van der Waals surface area contributed by atoms with E-state index in [1.54, 1.807) is 0 Å². The first-order chi connectivity index (χ1) is 12.7. The van der Waals surface area contributed by atoms with Crippen LogP contribution in [-0.4, -0.2) is 20.2 Å². The fourth-order valence-corrected chi connectivity index (χ4v) is 2.90. The molecule has 0 saturated carbocycles. The van der Waals surface area contributed by atoms with E-state index in [-0.39, 0.29) is 0 Å². The number of fused-ring (bicyclic) bond motifs is 1. The van der Waals surface area contributed by atoms with Gasteiger partial charge in [0, 0.05) is 28.2 Å². The molecule has 6 nitrogen and oxygen atoms in total. The molecule has 3 N–H and O–H groups in total. The van der Waals surface area contributed by atoms with Crippen LogP contribution in [0, 0.1) is 6.92 Å². The Kier molecular flexibility index (Phi) is 4.53. The summed E-state index contributed by atoms with van der Waals surface area (Å²) in [7, 11) is 0. The molecule has 2 aromatic heterocycles. The van der Waals surface area contributed by atoms with E-state index in [4.69, 9.17) is 0 Å². The van der Waals surface area contributed by atoms with Crippen molar-refractivity contribution < 1.29 is 0 Å². The average Bonchev–Trinajstić information content (AvgIpc) is 3.06. The maximum atomic E-state index is 4.64. The number of aromatic amines is 1. The summed E-state index contributed by atoms with van der Waals surface area (Å²) in [5, 5.41) is 14.7. The molecule has 130 valence electrons. The standard InChI is InChI=1S/C19H17BrN6/c1-12-10-17(26-25-12)23-18-15-4-2-3-5-16(15)22-19(24-18)21-11-13-6-8-14(20)9-7-13/h2-10H,11H2,1H3,(H3,21,22,23,24,25,26). The van der Waals surface area contributed by atoms with E-state index in [2.05, 4.69) is 58.9 Å². The molecule has 4 rings (SSSR count). The quantitative estimate of drug-likeness (QED) is 0.442. The van der Waals surface area contributed by atoms with Crippen molar-refractivity contribution >= 4 is 44.4 Å². The molecule has 7 heteroatoms. The van der Waals surface area contributed by atoms with Crippen LogP contribution in [0.2, 0.25) is 0 Å². The van der Waals surface area contributed by atoms with Crippen LogP contribution in [-0.2, 0) is 6.54 Å². The molecule has 0 aliphatic rings. The molecule has 0 spiro atoms. The minimum Gasteiger partial charge on any atom is -0.350 e. The molecule has 0 aliphatic heterocycles. The fourth-order valence-electron chi connectivity index (χ4n) is 2.64. The smallest absolute Gasteiger partial charge is 0.225 e. The molecule has 26 heavy (non-hydrogen) atoms. The summed E-state index contributed by atoms with van der Waals surface area (Å²) in [6.45, 7) is 2.61. The second kappa shape index (κ2) is 7.13. The van der Waals surface area contributed by atoms with Crippen molar-refractivity contribution in [1.29, 1.82) is 0 Å². The zero-order chi connectivity index (χ0) is 17.9. The summed E-state index contributed by atoms with van der Waals surface area (Å²) in [6.07, 6.45) is 0.